The largest absolute Gasteiger partial charge is 0.351 e. The lowest BCUT2D eigenvalue weighted by Crippen LogP contribution is -2.31. The Balaban J connectivity index is 2.03. The van der Waals surface area contributed by atoms with Crippen molar-refractivity contribution in [2.24, 2.45) is 0 Å². The molecule has 2 rings (SSSR count). The van der Waals surface area contributed by atoms with Gasteiger partial charge in [0.1, 0.15) is 0 Å². The first-order chi connectivity index (χ1) is 12.4. The number of hydrogen-bond acceptors (Lipinski definition) is 5. The van der Waals surface area contributed by atoms with Gasteiger partial charge in [-0.05, 0) is 51.4 Å². The van der Waals surface area contributed by atoms with Crippen molar-refractivity contribution in [3.63, 3.8) is 0 Å². The molecule has 7 heteroatoms. The zero-order chi connectivity index (χ0) is 19.1. The second-order valence-electron chi connectivity index (χ2n) is 6.11. The summed E-state index contributed by atoms with van der Waals surface area (Å²) in [6.07, 6.45) is 2.82. The number of anilines is 1. The Morgan fingerprint density at radius 2 is 1.58 bits per heavy atom. The maximum absolute atomic E-state index is 12.4. The summed E-state index contributed by atoms with van der Waals surface area (Å²) < 4.78 is 0. The molecule has 2 aromatic rings. The quantitative estimate of drug-likeness (QED) is 0.740. The minimum Gasteiger partial charge on any atom is -0.351 e. The molecule has 0 saturated heterocycles. The van der Waals surface area contributed by atoms with Crippen LogP contribution in [0.25, 0.3) is 0 Å². The second-order valence-corrected chi connectivity index (χ2v) is 6.11. The van der Waals surface area contributed by atoms with Gasteiger partial charge in [0.2, 0.25) is 0 Å². The highest BCUT2D eigenvalue weighted by Crippen LogP contribution is 2.12. The topological polar surface area (TPSA) is 91.4 Å². The molecule has 2 N–H and O–H groups in total. The van der Waals surface area contributed by atoms with Gasteiger partial charge in [-0.1, -0.05) is 0 Å². The number of pyridine rings is 1. The standard InChI is InChI=1S/C19H22N4O3/c1-13(24)14-4-6-17(7-5-14)22-19(26)16-10-15(11-20-12-16)18(25)21-8-9-23(2)3/h4-7,10-12H,8-9H2,1-3H3,(H,21,25)(H,22,26). The summed E-state index contributed by atoms with van der Waals surface area (Å²) in [5, 5.41) is 5.50. The van der Waals surface area contributed by atoms with Crippen molar-refractivity contribution in [3.05, 3.63) is 59.4 Å². The zero-order valence-corrected chi connectivity index (χ0v) is 15.1. The van der Waals surface area contributed by atoms with Crippen molar-refractivity contribution in [2.45, 2.75) is 6.92 Å². The first-order valence-corrected chi connectivity index (χ1v) is 8.17. The summed E-state index contributed by atoms with van der Waals surface area (Å²) >= 11 is 0. The zero-order valence-electron chi connectivity index (χ0n) is 15.1. The monoisotopic (exact) mass is 354 g/mol. The van der Waals surface area contributed by atoms with E-state index in [9.17, 15) is 14.4 Å². The number of Topliss-reactive ketones (excluding diaryl/α,β-unsaturated/α-hetero) is 1. The van der Waals surface area contributed by atoms with Gasteiger partial charge in [-0.25, -0.2) is 0 Å². The molecule has 7 nitrogen and oxygen atoms in total. The molecule has 0 bridgehead atoms. The van der Waals surface area contributed by atoms with Gasteiger partial charge in [0.05, 0.1) is 11.1 Å². The number of nitrogens with one attached hydrogen (secondary N) is 2. The molecule has 0 aliphatic rings. The summed E-state index contributed by atoms with van der Waals surface area (Å²) in [4.78, 5) is 41.7. The molecular formula is C19H22N4O3. The van der Waals surface area contributed by atoms with Crippen LogP contribution in [0.15, 0.2) is 42.7 Å². The molecule has 26 heavy (non-hydrogen) atoms. The molecule has 1 heterocycles. The third-order valence-electron chi connectivity index (χ3n) is 3.66. The Labute approximate surface area is 152 Å². The van der Waals surface area contributed by atoms with Crippen LogP contribution in [0.2, 0.25) is 0 Å². The first kappa shape index (κ1) is 19.3. The molecule has 0 atom stereocenters. The average Bonchev–Trinajstić information content (AvgIpc) is 2.62. The molecule has 0 unspecified atom stereocenters. The molecular weight excluding hydrogens is 332 g/mol. The van der Waals surface area contributed by atoms with Crippen molar-refractivity contribution in [3.8, 4) is 0 Å². The molecule has 136 valence electrons. The van der Waals surface area contributed by atoms with Crippen LogP contribution in [-0.4, -0.2) is 54.7 Å². The summed E-state index contributed by atoms with van der Waals surface area (Å²) in [7, 11) is 3.84. The number of hydrogen-bond donors (Lipinski definition) is 2. The van der Waals surface area contributed by atoms with Gasteiger partial charge in [-0.15, -0.1) is 0 Å². The van der Waals surface area contributed by atoms with E-state index in [1.807, 2.05) is 19.0 Å². The SMILES string of the molecule is CC(=O)c1ccc(NC(=O)c2cncc(C(=O)NCCN(C)C)c2)cc1. The highest BCUT2D eigenvalue weighted by Gasteiger charge is 2.12. The molecule has 2 amide bonds. The number of ketones is 1. The van der Waals surface area contributed by atoms with Crippen LogP contribution in [0, 0.1) is 0 Å². The van der Waals surface area contributed by atoms with Gasteiger partial charge in [-0.2, -0.15) is 0 Å². The normalized spacial score (nSPS) is 10.5. The Morgan fingerprint density at radius 3 is 2.15 bits per heavy atom. The maximum atomic E-state index is 12.4. The second kappa shape index (κ2) is 8.87. The van der Waals surface area contributed by atoms with Gasteiger partial charge in [0.15, 0.2) is 5.78 Å². The van der Waals surface area contributed by atoms with Crippen LogP contribution in [0.4, 0.5) is 5.69 Å². The van der Waals surface area contributed by atoms with Crippen LogP contribution < -0.4 is 10.6 Å². The number of nitrogens with zero attached hydrogens (tertiary/aromatic N) is 2. The summed E-state index contributed by atoms with van der Waals surface area (Å²) in [6, 6.07) is 8.09. The summed E-state index contributed by atoms with van der Waals surface area (Å²) in [5.74, 6) is -0.698. The lowest BCUT2D eigenvalue weighted by molar-refractivity contribution is 0.0949. The smallest absolute Gasteiger partial charge is 0.257 e. The molecule has 0 fully saturated rings. The van der Waals surface area contributed by atoms with Crippen LogP contribution in [0.1, 0.15) is 38.0 Å². The van der Waals surface area contributed by atoms with E-state index in [2.05, 4.69) is 15.6 Å². The van der Waals surface area contributed by atoms with E-state index >= 15 is 0 Å². The molecule has 1 aromatic carbocycles. The summed E-state index contributed by atoms with van der Waals surface area (Å²) in [5.41, 5.74) is 1.73. The third kappa shape index (κ3) is 5.49. The van der Waals surface area contributed by atoms with E-state index in [1.165, 1.54) is 25.4 Å². The number of carbonyl (C=O) groups excluding carboxylic acids is 3. The Morgan fingerprint density at radius 1 is 0.962 bits per heavy atom. The first-order valence-electron chi connectivity index (χ1n) is 8.17. The molecule has 0 spiro atoms. The van der Waals surface area contributed by atoms with Crippen LogP contribution in [-0.2, 0) is 0 Å². The van der Waals surface area contributed by atoms with E-state index in [0.717, 1.165) is 6.54 Å². The Hall–Kier alpha value is -3.06. The lowest BCUT2D eigenvalue weighted by atomic mass is 10.1. The highest BCUT2D eigenvalue weighted by atomic mass is 16.2. The van der Waals surface area contributed by atoms with Gasteiger partial charge in [0, 0.05) is 36.7 Å². The minimum absolute atomic E-state index is 0.0416. The van der Waals surface area contributed by atoms with E-state index in [-0.39, 0.29) is 23.2 Å². The van der Waals surface area contributed by atoms with Crippen molar-refractivity contribution in [1.29, 1.82) is 0 Å². The number of amides is 2. The lowest BCUT2D eigenvalue weighted by Gasteiger charge is -2.11. The number of aromatic nitrogens is 1. The fourth-order valence-electron chi connectivity index (χ4n) is 2.17. The number of rotatable bonds is 7. The van der Waals surface area contributed by atoms with Crippen LogP contribution in [0.5, 0.6) is 0 Å². The van der Waals surface area contributed by atoms with Gasteiger partial charge in [-0.3, -0.25) is 19.4 Å². The molecule has 0 aliphatic heterocycles. The predicted octanol–water partition coefficient (Wildman–Crippen LogP) is 1.83. The van der Waals surface area contributed by atoms with E-state index in [1.54, 1.807) is 24.3 Å². The minimum atomic E-state index is -0.379. The fraction of sp³-hybridized carbons (Fsp3) is 0.263. The van der Waals surface area contributed by atoms with E-state index in [0.29, 0.717) is 23.4 Å². The van der Waals surface area contributed by atoms with Crippen molar-refractivity contribution in [2.75, 3.05) is 32.5 Å². The van der Waals surface area contributed by atoms with E-state index < -0.39 is 0 Å². The number of benzene rings is 1. The van der Waals surface area contributed by atoms with Crippen LogP contribution >= 0.6 is 0 Å². The Bertz CT molecular complexity index is 801. The Kier molecular flexibility index (Phi) is 6.57. The fourth-order valence-corrected chi connectivity index (χ4v) is 2.17. The highest BCUT2D eigenvalue weighted by molar-refractivity contribution is 6.06. The number of likely N-dealkylation sites (N-methyl/N-ethyl adjacent to an activating group) is 1. The van der Waals surface area contributed by atoms with Gasteiger partial charge >= 0.3 is 0 Å². The van der Waals surface area contributed by atoms with Gasteiger partial charge in [0.25, 0.3) is 11.8 Å². The third-order valence-corrected chi connectivity index (χ3v) is 3.66. The van der Waals surface area contributed by atoms with Crippen molar-refractivity contribution >= 4 is 23.3 Å². The van der Waals surface area contributed by atoms with Crippen molar-refractivity contribution < 1.29 is 14.4 Å². The molecule has 0 saturated carbocycles. The predicted molar refractivity (Wildman–Crippen MR) is 99.5 cm³/mol. The van der Waals surface area contributed by atoms with Gasteiger partial charge < -0.3 is 15.5 Å². The maximum Gasteiger partial charge on any atom is 0.257 e. The molecule has 0 radical (unpaired) electrons. The summed E-state index contributed by atoms with van der Waals surface area (Å²) in [6.45, 7) is 2.70. The average molecular weight is 354 g/mol. The molecule has 1 aromatic heterocycles. The van der Waals surface area contributed by atoms with Crippen molar-refractivity contribution in [1.82, 2.24) is 15.2 Å². The van der Waals surface area contributed by atoms with Crippen LogP contribution in [0.3, 0.4) is 0 Å². The number of carbonyl (C=O) groups is 3. The van der Waals surface area contributed by atoms with E-state index in [4.69, 9.17) is 0 Å². The molecule has 0 aliphatic carbocycles.